The Morgan fingerprint density at radius 3 is 2.96 bits per heavy atom. The number of fused-ring (bicyclic) bond motifs is 2. The first-order chi connectivity index (χ1) is 12.2. The summed E-state index contributed by atoms with van der Waals surface area (Å²) in [6.45, 7) is 5.81. The van der Waals surface area contributed by atoms with Gasteiger partial charge in [0, 0.05) is 33.4 Å². The Kier molecular flexibility index (Phi) is 5.37. The van der Waals surface area contributed by atoms with Crippen molar-refractivity contribution in [3.63, 3.8) is 0 Å². The van der Waals surface area contributed by atoms with Crippen LogP contribution in [0, 0.1) is 0 Å². The summed E-state index contributed by atoms with van der Waals surface area (Å²) in [5, 5.41) is 4.81. The third-order valence-corrected chi connectivity index (χ3v) is 6.80. The number of nitrogens with zero attached hydrogens (tertiary/aromatic N) is 1. The number of hydrogen-bond donors (Lipinski definition) is 1. The molecule has 4 heteroatoms. The van der Waals surface area contributed by atoms with Crippen molar-refractivity contribution in [2.45, 2.75) is 48.1 Å². The molecule has 132 valence electrons. The minimum Gasteiger partial charge on any atom is -0.306 e. The average molecular weight is 373 g/mol. The highest BCUT2D eigenvalue weighted by atomic mass is 35.5. The second-order valence-electron chi connectivity index (χ2n) is 7.05. The number of likely N-dealkylation sites (N-methyl/N-ethyl adjacent to an activating group) is 1. The van der Waals surface area contributed by atoms with E-state index in [1.54, 1.807) is 0 Å². The third-order valence-electron chi connectivity index (χ3n) is 5.35. The molecule has 0 amide bonds. The minimum absolute atomic E-state index is 0.352. The van der Waals surface area contributed by atoms with E-state index in [2.05, 4.69) is 53.5 Å². The summed E-state index contributed by atoms with van der Waals surface area (Å²) in [5.41, 5.74) is 2.78. The summed E-state index contributed by atoms with van der Waals surface area (Å²) in [7, 11) is 0. The molecule has 2 aliphatic heterocycles. The topological polar surface area (TPSA) is 15.3 Å². The van der Waals surface area contributed by atoms with Crippen LogP contribution in [0.3, 0.4) is 0 Å². The van der Waals surface area contributed by atoms with Crippen molar-refractivity contribution in [2.75, 3.05) is 19.6 Å². The maximum absolute atomic E-state index is 6.28. The SMILES string of the molecule is CCN1CCC[C@H](N[C@@H]2Cc3cc(Cl)ccc3Sc3ccccc32)C1. The van der Waals surface area contributed by atoms with Crippen LogP contribution in [0.5, 0.6) is 0 Å². The first kappa shape index (κ1) is 17.4. The van der Waals surface area contributed by atoms with Crippen molar-refractivity contribution in [2.24, 2.45) is 0 Å². The predicted molar refractivity (Wildman–Crippen MR) is 107 cm³/mol. The molecule has 0 radical (unpaired) electrons. The van der Waals surface area contributed by atoms with Gasteiger partial charge >= 0.3 is 0 Å². The number of nitrogens with one attached hydrogen (secondary N) is 1. The van der Waals surface area contributed by atoms with Gasteiger partial charge in [-0.15, -0.1) is 0 Å². The monoisotopic (exact) mass is 372 g/mol. The van der Waals surface area contributed by atoms with Crippen LogP contribution in [-0.2, 0) is 6.42 Å². The smallest absolute Gasteiger partial charge is 0.0409 e. The van der Waals surface area contributed by atoms with E-state index in [4.69, 9.17) is 11.6 Å². The lowest BCUT2D eigenvalue weighted by atomic mass is 9.96. The van der Waals surface area contributed by atoms with Crippen LogP contribution in [0.4, 0.5) is 0 Å². The lowest BCUT2D eigenvalue weighted by molar-refractivity contribution is 0.189. The molecule has 2 aliphatic rings. The van der Waals surface area contributed by atoms with Crippen molar-refractivity contribution in [3.05, 3.63) is 58.6 Å². The van der Waals surface area contributed by atoms with Crippen LogP contribution in [0.1, 0.15) is 36.9 Å². The molecule has 2 heterocycles. The van der Waals surface area contributed by atoms with Crippen molar-refractivity contribution in [1.29, 1.82) is 0 Å². The Labute approximate surface area is 159 Å². The molecule has 1 N–H and O–H groups in total. The number of likely N-dealkylation sites (tertiary alicyclic amines) is 1. The highest BCUT2D eigenvalue weighted by Crippen LogP contribution is 2.41. The lowest BCUT2D eigenvalue weighted by Gasteiger charge is -2.35. The van der Waals surface area contributed by atoms with Crippen LogP contribution in [0.15, 0.2) is 52.3 Å². The molecule has 0 bridgehead atoms. The van der Waals surface area contributed by atoms with E-state index in [0.29, 0.717) is 12.1 Å². The van der Waals surface area contributed by atoms with Crippen molar-refractivity contribution in [1.82, 2.24) is 10.2 Å². The van der Waals surface area contributed by atoms with Gasteiger partial charge in [0.1, 0.15) is 0 Å². The molecule has 0 unspecified atom stereocenters. The second kappa shape index (κ2) is 7.71. The van der Waals surface area contributed by atoms with E-state index >= 15 is 0 Å². The van der Waals surface area contributed by atoms with Crippen molar-refractivity contribution >= 4 is 23.4 Å². The fraction of sp³-hybridized carbons (Fsp3) is 0.429. The van der Waals surface area contributed by atoms with Gasteiger partial charge in [0.25, 0.3) is 0 Å². The summed E-state index contributed by atoms with van der Waals surface area (Å²) >= 11 is 8.16. The zero-order valence-corrected chi connectivity index (χ0v) is 16.2. The molecule has 25 heavy (non-hydrogen) atoms. The molecular formula is C21H25ClN2S. The third kappa shape index (κ3) is 3.90. The summed E-state index contributed by atoms with van der Waals surface area (Å²) in [5.74, 6) is 0. The van der Waals surface area contributed by atoms with E-state index in [1.807, 2.05) is 17.8 Å². The summed E-state index contributed by atoms with van der Waals surface area (Å²) in [6.07, 6.45) is 3.56. The molecule has 0 saturated carbocycles. The number of benzene rings is 2. The number of piperidine rings is 1. The Balaban J connectivity index is 1.63. The van der Waals surface area contributed by atoms with Gasteiger partial charge in [0.2, 0.25) is 0 Å². The summed E-state index contributed by atoms with van der Waals surface area (Å²) < 4.78 is 0. The molecule has 2 aromatic carbocycles. The molecule has 0 aliphatic carbocycles. The Hall–Kier alpha value is -1.00. The fourth-order valence-electron chi connectivity index (χ4n) is 4.03. The maximum Gasteiger partial charge on any atom is 0.0409 e. The van der Waals surface area contributed by atoms with Gasteiger partial charge in [-0.2, -0.15) is 0 Å². The van der Waals surface area contributed by atoms with E-state index in [9.17, 15) is 0 Å². The van der Waals surface area contributed by atoms with Gasteiger partial charge in [-0.25, -0.2) is 0 Å². The van der Waals surface area contributed by atoms with Gasteiger partial charge in [0.15, 0.2) is 0 Å². The molecule has 0 spiro atoms. The predicted octanol–water partition coefficient (Wildman–Crippen LogP) is 5.16. The number of halogens is 1. The molecule has 2 atom stereocenters. The van der Waals surface area contributed by atoms with Crippen LogP contribution in [0.25, 0.3) is 0 Å². The highest BCUT2D eigenvalue weighted by molar-refractivity contribution is 7.99. The molecule has 2 nitrogen and oxygen atoms in total. The maximum atomic E-state index is 6.28. The Bertz CT molecular complexity index is 748. The molecule has 1 saturated heterocycles. The normalized spacial score (nSPS) is 23.6. The van der Waals surface area contributed by atoms with E-state index in [1.165, 1.54) is 40.3 Å². The fourth-order valence-corrected chi connectivity index (χ4v) is 5.34. The molecule has 0 aromatic heterocycles. The van der Waals surface area contributed by atoms with E-state index < -0.39 is 0 Å². The van der Waals surface area contributed by atoms with E-state index in [0.717, 1.165) is 24.5 Å². The molecule has 2 aromatic rings. The first-order valence-corrected chi connectivity index (χ1v) is 10.5. The quantitative estimate of drug-likeness (QED) is 0.800. The van der Waals surface area contributed by atoms with Gasteiger partial charge in [0.05, 0.1) is 0 Å². The van der Waals surface area contributed by atoms with Crippen LogP contribution in [0.2, 0.25) is 5.02 Å². The Morgan fingerprint density at radius 1 is 1.20 bits per heavy atom. The molecule has 1 fully saturated rings. The second-order valence-corrected chi connectivity index (χ2v) is 8.57. The lowest BCUT2D eigenvalue weighted by Crippen LogP contribution is -2.47. The van der Waals surface area contributed by atoms with Crippen molar-refractivity contribution < 1.29 is 0 Å². The van der Waals surface area contributed by atoms with Crippen LogP contribution in [-0.4, -0.2) is 30.6 Å². The first-order valence-electron chi connectivity index (χ1n) is 9.26. The summed E-state index contributed by atoms with van der Waals surface area (Å²) in [6, 6.07) is 16.1. The standard InChI is InChI=1S/C21H25ClN2S/c1-2-24-11-5-6-17(14-24)23-19-13-15-12-16(22)9-10-20(15)25-21-8-4-3-7-18(19)21/h3-4,7-10,12,17,19,23H,2,5-6,11,13-14H2,1H3/t17-,19+/m0/s1. The zero-order valence-electron chi connectivity index (χ0n) is 14.7. The number of rotatable bonds is 3. The van der Waals surface area contributed by atoms with Crippen molar-refractivity contribution in [3.8, 4) is 0 Å². The van der Waals surface area contributed by atoms with Crippen LogP contribution < -0.4 is 5.32 Å². The minimum atomic E-state index is 0.352. The summed E-state index contributed by atoms with van der Waals surface area (Å²) in [4.78, 5) is 5.26. The van der Waals surface area contributed by atoms with E-state index in [-0.39, 0.29) is 0 Å². The number of hydrogen-bond acceptors (Lipinski definition) is 3. The van der Waals surface area contributed by atoms with Gasteiger partial charge in [-0.1, -0.05) is 48.5 Å². The largest absolute Gasteiger partial charge is 0.306 e. The average Bonchev–Trinajstić information content (AvgIpc) is 2.78. The molecular weight excluding hydrogens is 348 g/mol. The van der Waals surface area contributed by atoms with Gasteiger partial charge in [-0.05, 0) is 67.7 Å². The Morgan fingerprint density at radius 2 is 2.08 bits per heavy atom. The van der Waals surface area contributed by atoms with Gasteiger partial charge in [-0.3, -0.25) is 0 Å². The van der Waals surface area contributed by atoms with Crippen LogP contribution >= 0.6 is 23.4 Å². The van der Waals surface area contributed by atoms with Gasteiger partial charge < -0.3 is 10.2 Å². The highest BCUT2D eigenvalue weighted by Gasteiger charge is 2.27. The molecule has 4 rings (SSSR count). The zero-order chi connectivity index (χ0) is 17.2.